The molecule has 2 saturated heterocycles. The number of halogens is 2. The number of Topliss-reactive ketones (excluding diaryl/α,β-unsaturated/α-hetero) is 1. The van der Waals surface area contributed by atoms with E-state index in [-0.39, 0.29) is 35.0 Å². The first-order chi connectivity index (χ1) is 26.2. The summed E-state index contributed by atoms with van der Waals surface area (Å²) in [7, 11) is 0. The van der Waals surface area contributed by atoms with Gasteiger partial charge in [-0.1, -0.05) is 24.3 Å². The number of hydrogen-bond donors (Lipinski definition) is 1. The highest BCUT2D eigenvalue weighted by atomic mass is 32.1. The van der Waals surface area contributed by atoms with E-state index in [9.17, 15) is 23.2 Å². The summed E-state index contributed by atoms with van der Waals surface area (Å²) in [5, 5.41) is 5.01. The van der Waals surface area contributed by atoms with Crippen molar-refractivity contribution in [2.45, 2.75) is 25.7 Å². The first-order valence-electron chi connectivity index (χ1n) is 17.9. The van der Waals surface area contributed by atoms with E-state index < -0.39 is 11.6 Å². The van der Waals surface area contributed by atoms with Crippen LogP contribution in [0.1, 0.15) is 54.4 Å². The average Bonchev–Trinajstić information content (AvgIpc) is 3.79. The monoisotopic (exact) mass is 760 g/mol. The molecule has 1 spiro atoms. The highest BCUT2D eigenvalue weighted by Gasteiger charge is 2.45. The van der Waals surface area contributed by atoms with Crippen LogP contribution in [0.3, 0.4) is 0 Å². The average molecular weight is 761 g/mol. The van der Waals surface area contributed by atoms with E-state index in [1.807, 2.05) is 41.8 Å². The molecule has 3 aliphatic rings. The topological polar surface area (TPSA) is 91.8 Å². The summed E-state index contributed by atoms with van der Waals surface area (Å²) in [6.07, 6.45) is 2.13. The van der Waals surface area contributed by atoms with Gasteiger partial charge in [0.2, 0.25) is 0 Å². The minimum absolute atomic E-state index is 0.198. The summed E-state index contributed by atoms with van der Waals surface area (Å²) in [5.74, 6) is -1.63. The van der Waals surface area contributed by atoms with Crippen LogP contribution in [0.15, 0.2) is 90.3 Å². The number of thiophene rings is 2. The Labute approximate surface area is 318 Å². The van der Waals surface area contributed by atoms with Gasteiger partial charge in [0.15, 0.2) is 5.78 Å². The van der Waals surface area contributed by atoms with E-state index in [1.54, 1.807) is 46.6 Å². The SMILES string of the molecule is O=C(Cc1c(F)cccc1F)c1cc2c(s1)-c1ccccc1N(C(=O)c1ccc(NC(=O)c3cc4sccc4nc3N3CC4(CCOCC4)C3)cc1)CC2. The molecule has 1 N–H and O–H groups in total. The molecule has 9 rings (SSSR count). The van der Waals surface area contributed by atoms with Crippen LogP contribution < -0.4 is 15.1 Å². The van der Waals surface area contributed by atoms with Gasteiger partial charge in [0.25, 0.3) is 11.8 Å². The number of fused-ring (bicyclic) bond motifs is 4. The second-order valence-electron chi connectivity index (χ2n) is 14.2. The van der Waals surface area contributed by atoms with Crippen molar-refractivity contribution in [3.05, 3.63) is 129 Å². The molecule has 0 bridgehead atoms. The Hall–Kier alpha value is -5.30. The fraction of sp³-hybridized carbons (Fsp3) is 0.238. The second-order valence-corrected chi connectivity index (χ2v) is 16.2. The molecule has 3 aliphatic heterocycles. The summed E-state index contributed by atoms with van der Waals surface area (Å²) in [4.78, 5) is 51.2. The van der Waals surface area contributed by atoms with Gasteiger partial charge in [-0.25, -0.2) is 13.8 Å². The number of rotatable bonds is 7. The summed E-state index contributed by atoms with van der Waals surface area (Å²) < 4.78 is 35.1. The third kappa shape index (κ3) is 6.27. The van der Waals surface area contributed by atoms with Gasteiger partial charge < -0.3 is 19.9 Å². The predicted molar refractivity (Wildman–Crippen MR) is 208 cm³/mol. The van der Waals surface area contributed by atoms with E-state index in [0.717, 1.165) is 77.5 Å². The molecule has 6 aromatic rings. The van der Waals surface area contributed by atoms with Crippen LogP contribution in [-0.2, 0) is 17.6 Å². The van der Waals surface area contributed by atoms with Crippen LogP contribution >= 0.6 is 22.7 Å². The van der Waals surface area contributed by atoms with Gasteiger partial charge in [-0.3, -0.25) is 14.4 Å². The molecule has 12 heteroatoms. The first-order valence-corrected chi connectivity index (χ1v) is 19.6. The maximum absolute atomic E-state index is 14.3. The zero-order chi connectivity index (χ0) is 37.0. The van der Waals surface area contributed by atoms with Crippen LogP contribution in [0.25, 0.3) is 20.7 Å². The molecule has 3 aromatic carbocycles. The Morgan fingerprint density at radius 2 is 1.67 bits per heavy atom. The molecular formula is C42H34F2N4O4S2. The van der Waals surface area contributed by atoms with Crippen molar-refractivity contribution in [2.24, 2.45) is 5.41 Å². The number of pyridine rings is 1. The lowest BCUT2D eigenvalue weighted by Crippen LogP contribution is -2.59. The fourth-order valence-electron chi connectivity index (χ4n) is 7.77. The molecule has 0 radical (unpaired) electrons. The number of carbonyl (C=O) groups is 3. The maximum Gasteiger partial charge on any atom is 0.259 e. The van der Waals surface area contributed by atoms with E-state index in [0.29, 0.717) is 46.2 Å². The molecule has 6 heterocycles. The molecule has 0 saturated carbocycles. The first kappa shape index (κ1) is 34.5. The number of ketones is 1. The number of para-hydroxylation sites is 1. The molecular weight excluding hydrogens is 727 g/mol. The van der Waals surface area contributed by atoms with Crippen molar-refractivity contribution in [2.75, 3.05) is 48.0 Å². The Balaban J connectivity index is 0.921. The Kier molecular flexibility index (Phi) is 8.83. The van der Waals surface area contributed by atoms with Gasteiger partial charge in [-0.15, -0.1) is 22.7 Å². The summed E-state index contributed by atoms with van der Waals surface area (Å²) in [6, 6.07) is 23.7. The zero-order valence-electron chi connectivity index (χ0n) is 29.1. The van der Waals surface area contributed by atoms with Gasteiger partial charge in [0.05, 0.1) is 26.3 Å². The molecule has 3 aromatic heterocycles. The van der Waals surface area contributed by atoms with Gasteiger partial charge in [-0.2, -0.15) is 0 Å². The Morgan fingerprint density at radius 3 is 2.44 bits per heavy atom. The van der Waals surface area contributed by atoms with Crippen molar-refractivity contribution >= 4 is 67.7 Å². The Morgan fingerprint density at radius 1 is 0.907 bits per heavy atom. The lowest BCUT2D eigenvalue weighted by molar-refractivity contribution is -0.000491. The number of aromatic nitrogens is 1. The summed E-state index contributed by atoms with van der Waals surface area (Å²) >= 11 is 2.82. The molecule has 8 nitrogen and oxygen atoms in total. The molecule has 2 amide bonds. The Bertz CT molecular complexity index is 2430. The number of ether oxygens (including phenoxy) is 1. The standard InChI is InChI=1S/C42H34F2N4O4S2/c43-31-5-3-6-32(44)29(31)21-35(49)37-20-26-12-16-48(34-7-2-1-4-28(34)38(26)54-37)41(51)25-8-10-27(11-9-25)45-40(50)30-22-36-33(13-19-53-36)46-39(30)47-23-42(24-47)14-17-52-18-15-42/h1-11,13,19-20,22H,12,14-18,21,23-24H2,(H,45,50). The third-order valence-corrected chi connectivity index (χ3v) is 12.8. The number of anilines is 3. The molecule has 0 atom stereocenters. The molecule has 272 valence electrons. The summed E-state index contributed by atoms with van der Waals surface area (Å²) in [5.41, 5.74) is 4.79. The quantitative estimate of drug-likeness (QED) is 0.164. The van der Waals surface area contributed by atoms with Crippen molar-refractivity contribution in [3.8, 4) is 10.4 Å². The normalized spacial score (nSPS) is 16.0. The number of nitrogens with zero attached hydrogens (tertiary/aromatic N) is 3. The number of amides is 2. The molecule has 2 fully saturated rings. The summed E-state index contributed by atoms with van der Waals surface area (Å²) in [6.45, 7) is 3.59. The van der Waals surface area contributed by atoms with E-state index in [1.165, 1.54) is 17.4 Å². The lowest BCUT2D eigenvalue weighted by Gasteiger charge is -2.53. The zero-order valence-corrected chi connectivity index (χ0v) is 30.7. The van der Waals surface area contributed by atoms with E-state index >= 15 is 0 Å². The maximum atomic E-state index is 14.3. The van der Waals surface area contributed by atoms with E-state index in [4.69, 9.17) is 9.72 Å². The largest absolute Gasteiger partial charge is 0.381 e. The minimum Gasteiger partial charge on any atom is -0.381 e. The number of nitrogens with one attached hydrogen (secondary N) is 1. The smallest absolute Gasteiger partial charge is 0.259 e. The van der Waals surface area contributed by atoms with Gasteiger partial charge >= 0.3 is 0 Å². The molecule has 0 unspecified atom stereocenters. The number of benzene rings is 3. The van der Waals surface area contributed by atoms with Gasteiger partial charge in [-0.05, 0) is 90.9 Å². The third-order valence-electron chi connectivity index (χ3n) is 10.7. The van der Waals surface area contributed by atoms with E-state index in [2.05, 4.69) is 10.2 Å². The highest BCUT2D eigenvalue weighted by molar-refractivity contribution is 7.17. The van der Waals surface area contributed by atoms with Crippen molar-refractivity contribution in [1.29, 1.82) is 0 Å². The fourth-order valence-corrected chi connectivity index (χ4v) is 9.72. The van der Waals surface area contributed by atoms with Crippen LogP contribution in [0.5, 0.6) is 0 Å². The van der Waals surface area contributed by atoms with Crippen LogP contribution in [-0.4, -0.2) is 55.4 Å². The second kappa shape index (κ2) is 13.8. The molecule has 54 heavy (non-hydrogen) atoms. The molecule has 0 aliphatic carbocycles. The number of hydrogen-bond acceptors (Lipinski definition) is 8. The van der Waals surface area contributed by atoms with Gasteiger partial charge in [0, 0.05) is 71.9 Å². The lowest BCUT2D eigenvalue weighted by atomic mass is 9.73. The highest BCUT2D eigenvalue weighted by Crippen LogP contribution is 2.44. The van der Waals surface area contributed by atoms with Gasteiger partial charge in [0.1, 0.15) is 17.5 Å². The van der Waals surface area contributed by atoms with Crippen LogP contribution in [0.4, 0.5) is 26.0 Å². The van der Waals surface area contributed by atoms with Crippen molar-refractivity contribution < 1.29 is 27.9 Å². The minimum atomic E-state index is -0.746. The van der Waals surface area contributed by atoms with Crippen molar-refractivity contribution in [3.63, 3.8) is 0 Å². The van der Waals surface area contributed by atoms with Crippen LogP contribution in [0.2, 0.25) is 0 Å². The van der Waals surface area contributed by atoms with Crippen molar-refractivity contribution in [1.82, 2.24) is 4.98 Å². The predicted octanol–water partition coefficient (Wildman–Crippen LogP) is 8.80. The van der Waals surface area contributed by atoms with Crippen LogP contribution in [0, 0.1) is 17.0 Å². The number of carbonyl (C=O) groups excluding carboxylic acids is 3.